The van der Waals surface area contributed by atoms with Crippen molar-refractivity contribution in [2.45, 2.75) is 12.3 Å². The summed E-state index contributed by atoms with van der Waals surface area (Å²) in [5.74, 6) is 0.0695. The van der Waals surface area contributed by atoms with E-state index >= 15 is 0 Å². The Kier molecular flexibility index (Phi) is 4.44. The lowest BCUT2D eigenvalue weighted by Gasteiger charge is -2.09. The monoisotopic (exact) mass is 345 g/mol. The molecule has 1 aromatic heterocycles. The predicted molar refractivity (Wildman–Crippen MR) is 91.8 cm³/mol. The third-order valence-electron chi connectivity index (χ3n) is 3.52. The van der Waals surface area contributed by atoms with Gasteiger partial charge in [0, 0.05) is 12.8 Å². The Morgan fingerprint density at radius 1 is 1.04 bits per heavy atom. The SMILES string of the molecule is CS(=O)(=O)Cc1ccc(CNc2ncnc3cccc(F)c23)cc1. The van der Waals surface area contributed by atoms with Gasteiger partial charge >= 0.3 is 0 Å². The van der Waals surface area contributed by atoms with Gasteiger partial charge in [0.25, 0.3) is 0 Å². The summed E-state index contributed by atoms with van der Waals surface area (Å²) in [4.78, 5) is 8.16. The number of rotatable bonds is 5. The molecule has 0 fully saturated rings. The Morgan fingerprint density at radius 2 is 1.75 bits per heavy atom. The summed E-state index contributed by atoms with van der Waals surface area (Å²) in [5.41, 5.74) is 2.21. The van der Waals surface area contributed by atoms with Crippen molar-refractivity contribution in [3.63, 3.8) is 0 Å². The van der Waals surface area contributed by atoms with Crippen LogP contribution in [0.5, 0.6) is 0 Å². The zero-order valence-corrected chi connectivity index (χ0v) is 13.8. The molecule has 0 atom stereocenters. The first-order valence-electron chi connectivity index (χ1n) is 7.31. The molecule has 7 heteroatoms. The normalized spacial score (nSPS) is 11.6. The van der Waals surface area contributed by atoms with Crippen molar-refractivity contribution >= 4 is 26.6 Å². The van der Waals surface area contributed by atoms with Crippen LogP contribution in [0.15, 0.2) is 48.8 Å². The van der Waals surface area contributed by atoms with E-state index in [2.05, 4.69) is 15.3 Å². The minimum atomic E-state index is -3.05. The fraction of sp³-hybridized carbons (Fsp3) is 0.176. The lowest BCUT2D eigenvalue weighted by atomic mass is 10.1. The summed E-state index contributed by atoms with van der Waals surface area (Å²) in [6.45, 7) is 0.444. The number of benzene rings is 2. The second-order valence-corrected chi connectivity index (χ2v) is 7.74. The molecule has 1 heterocycles. The zero-order chi connectivity index (χ0) is 17.2. The lowest BCUT2D eigenvalue weighted by molar-refractivity contribution is 0.601. The van der Waals surface area contributed by atoms with Crippen molar-refractivity contribution < 1.29 is 12.8 Å². The smallest absolute Gasteiger partial charge is 0.151 e. The van der Waals surface area contributed by atoms with Crippen molar-refractivity contribution in [2.75, 3.05) is 11.6 Å². The second-order valence-electron chi connectivity index (χ2n) is 5.60. The Hall–Kier alpha value is -2.54. The zero-order valence-electron chi connectivity index (χ0n) is 13.0. The average molecular weight is 345 g/mol. The van der Waals surface area contributed by atoms with Crippen LogP contribution in [-0.2, 0) is 22.1 Å². The first-order chi connectivity index (χ1) is 11.4. The first kappa shape index (κ1) is 16.3. The van der Waals surface area contributed by atoms with Crippen LogP contribution in [0.3, 0.4) is 0 Å². The van der Waals surface area contributed by atoms with E-state index in [1.165, 1.54) is 18.6 Å². The van der Waals surface area contributed by atoms with Crippen molar-refractivity contribution in [3.05, 3.63) is 65.7 Å². The van der Waals surface area contributed by atoms with Gasteiger partial charge in [0.1, 0.15) is 18.0 Å². The molecule has 5 nitrogen and oxygen atoms in total. The molecular formula is C17H16FN3O2S. The molecule has 0 aliphatic rings. The number of aromatic nitrogens is 2. The number of hydrogen-bond donors (Lipinski definition) is 1. The highest BCUT2D eigenvalue weighted by Gasteiger charge is 2.09. The minimum absolute atomic E-state index is 0.0163. The highest BCUT2D eigenvalue weighted by molar-refractivity contribution is 7.89. The van der Waals surface area contributed by atoms with Gasteiger partial charge in [0.05, 0.1) is 16.7 Å². The molecule has 0 aliphatic heterocycles. The summed E-state index contributed by atoms with van der Waals surface area (Å²) in [5, 5.41) is 3.46. The molecule has 124 valence electrons. The first-order valence-corrected chi connectivity index (χ1v) is 9.37. The van der Waals surface area contributed by atoms with Crippen LogP contribution in [0.1, 0.15) is 11.1 Å². The number of hydrogen-bond acceptors (Lipinski definition) is 5. The van der Waals surface area contributed by atoms with Gasteiger partial charge in [-0.25, -0.2) is 22.8 Å². The summed E-state index contributed by atoms with van der Waals surface area (Å²) in [6, 6.07) is 11.9. The van der Waals surface area contributed by atoms with E-state index in [0.717, 1.165) is 11.1 Å². The maximum atomic E-state index is 14.0. The third-order valence-corrected chi connectivity index (χ3v) is 4.38. The summed E-state index contributed by atoms with van der Waals surface area (Å²) in [7, 11) is -3.05. The van der Waals surface area contributed by atoms with Crippen molar-refractivity contribution in [2.24, 2.45) is 0 Å². The predicted octanol–water partition coefficient (Wildman–Crippen LogP) is 2.93. The molecule has 3 aromatic rings. The Balaban J connectivity index is 1.77. The number of anilines is 1. The fourth-order valence-corrected chi connectivity index (χ4v) is 3.24. The maximum Gasteiger partial charge on any atom is 0.151 e. The van der Waals surface area contributed by atoms with Gasteiger partial charge in [0.2, 0.25) is 0 Å². The largest absolute Gasteiger partial charge is 0.365 e. The number of fused-ring (bicyclic) bond motifs is 1. The quantitative estimate of drug-likeness (QED) is 0.770. The Labute approximate surface area is 139 Å². The highest BCUT2D eigenvalue weighted by atomic mass is 32.2. The fourth-order valence-electron chi connectivity index (χ4n) is 2.44. The van der Waals surface area contributed by atoms with Crippen molar-refractivity contribution in [3.8, 4) is 0 Å². The van der Waals surface area contributed by atoms with Gasteiger partial charge in [-0.3, -0.25) is 0 Å². The van der Waals surface area contributed by atoms with Gasteiger partial charge < -0.3 is 5.32 Å². The van der Waals surface area contributed by atoms with E-state index in [-0.39, 0.29) is 11.6 Å². The number of sulfone groups is 1. The van der Waals surface area contributed by atoms with E-state index in [9.17, 15) is 12.8 Å². The summed E-state index contributed by atoms with van der Waals surface area (Å²) >= 11 is 0. The molecular weight excluding hydrogens is 329 g/mol. The van der Waals surface area contributed by atoms with Gasteiger partial charge in [-0.05, 0) is 23.3 Å². The number of nitrogens with zero attached hydrogens (tertiary/aromatic N) is 2. The molecule has 0 amide bonds. The van der Waals surface area contributed by atoms with Crippen molar-refractivity contribution in [1.82, 2.24) is 9.97 Å². The van der Waals surface area contributed by atoms with Crippen LogP contribution < -0.4 is 5.32 Å². The van der Waals surface area contributed by atoms with Crippen molar-refractivity contribution in [1.29, 1.82) is 0 Å². The van der Waals surface area contributed by atoms with Gasteiger partial charge in [0.15, 0.2) is 9.84 Å². The topological polar surface area (TPSA) is 72.0 Å². The molecule has 24 heavy (non-hydrogen) atoms. The molecule has 0 spiro atoms. The van der Waals surface area contributed by atoms with E-state index in [0.29, 0.717) is 23.3 Å². The van der Waals surface area contributed by atoms with Crippen LogP contribution in [0, 0.1) is 5.82 Å². The minimum Gasteiger partial charge on any atom is -0.365 e. The molecule has 0 unspecified atom stereocenters. The Bertz CT molecular complexity index is 968. The summed E-state index contributed by atoms with van der Waals surface area (Å²) < 4.78 is 36.6. The van der Waals surface area contributed by atoms with Crippen LogP contribution >= 0.6 is 0 Å². The Morgan fingerprint density at radius 3 is 2.46 bits per heavy atom. The standard InChI is InChI=1S/C17H16FN3O2S/c1-24(22,23)10-13-7-5-12(6-8-13)9-19-17-16-14(18)3-2-4-15(16)20-11-21-17/h2-8,11H,9-10H2,1H3,(H,19,20,21). The molecule has 0 radical (unpaired) electrons. The highest BCUT2D eigenvalue weighted by Crippen LogP contribution is 2.22. The third kappa shape index (κ3) is 3.86. The molecule has 3 rings (SSSR count). The number of nitrogens with one attached hydrogen (secondary N) is 1. The molecule has 1 N–H and O–H groups in total. The van der Waals surface area contributed by atoms with E-state index in [1.54, 1.807) is 24.3 Å². The van der Waals surface area contributed by atoms with E-state index < -0.39 is 9.84 Å². The van der Waals surface area contributed by atoms with Gasteiger partial charge in [-0.1, -0.05) is 30.3 Å². The maximum absolute atomic E-state index is 14.0. The molecule has 0 bridgehead atoms. The van der Waals surface area contributed by atoms with Crippen LogP contribution in [0.25, 0.3) is 10.9 Å². The van der Waals surface area contributed by atoms with Crippen LogP contribution in [0.2, 0.25) is 0 Å². The average Bonchev–Trinajstić information content (AvgIpc) is 2.53. The molecule has 0 saturated carbocycles. The van der Waals surface area contributed by atoms with Crippen LogP contribution in [-0.4, -0.2) is 24.6 Å². The van der Waals surface area contributed by atoms with E-state index in [1.807, 2.05) is 12.1 Å². The molecule has 2 aromatic carbocycles. The second kappa shape index (κ2) is 6.52. The lowest BCUT2D eigenvalue weighted by Crippen LogP contribution is -2.04. The molecule has 0 saturated heterocycles. The van der Waals surface area contributed by atoms with Crippen LogP contribution in [0.4, 0.5) is 10.2 Å². The van der Waals surface area contributed by atoms with Gasteiger partial charge in [-0.2, -0.15) is 0 Å². The summed E-state index contributed by atoms with van der Waals surface area (Å²) in [6.07, 6.45) is 2.59. The van der Waals surface area contributed by atoms with Gasteiger partial charge in [-0.15, -0.1) is 0 Å². The number of halogens is 1. The van der Waals surface area contributed by atoms with E-state index in [4.69, 9.17) is 0 Å². The molecule has 0 aliphatic carbocycles.